The first-order chi connectivity index (χ1) is 9.75. The van der Waals surface area contributed by atoms with Gasteiger partial charge < -0.3 is 15.5 Å². The Morgan fingerprint density at radius 2 is 2.20 bits per heavy atom. The molecule has 0 aliphatic carbocycles. The average Bonchev–Trinajstić information content (AvgIpc) is 2.89. The lowest BCUT2D eigenvalue weighted by Gasteiger charge is -2.26. The zero-order valence-electron chi connectivity index (χ0n) is 12.2. The van der Waals surface area contributed by atoms with E-state index >= 15 is 0 Å². The Morgan fingerprint density at radius 1 is 1.35 bits per heavy atom. The molecule has 1 saturated heterocycles. The monoisotopic (exact) mass is 273 g/mol. The topological polar surface area (TPSA) is 45.6 Å². The minimum atomic E-state index is 0.237. The molecule has 0 aromatic heterocycles. The number of benzene rings is 1. The molecule has 1 aromatic rings. The molecule has 1 aromatic carbocycles. The zero-order chi connectivity index (χ0) is 13.9. The third kappa shape index (κ3) is 2.66. The van der Waals surface area contributed by atoms with Gasteiger partial charge in [0.25, 0.3) is 0 Å². The van der Waals surface area contributed by atoms with Crippen LogP contribution in [0.1, 0.15) is 31.9 Å². The Hall–Kier alpha value is -1.55. The molecule has 4 heteroatoms. The van der Waals surface area contributed by atoms with Crippen molar-refractivity contribution in [3.8, 4) is 5.75 Å². The van der Waals surface area contributed by atoms with Crippen LogP contribution >= 0.6 is 0 Å². The van der Waals surface area contributed by atoms with E-state index in [1.54, 1.807) is 0 Å². The second-order valence-corrected chi connectivity index (χ2v) is 6.01. The fourth-order valence-corrected chi connectivity index (χ4v) is 2.88. The van der Waals surface area contributed by atoms with Crippen LogP contribution in [0.5, 0.6) is 5.75 Å². The van der Waals surface area contributed by atoms with Crippen LogP contribution < -0.4 is 15.5 Å². The highest BCUT2D eigenvalue weighted by Gasteiger charge is 2.35. The number of nitrogens with one attached hydrogen (secondary N) is 2. The summed E-state index contributed by atoms with van der Waals surface area (Å²) in [5.74, 6) is 1.97. The predicted molar refractivity (Wildman–Crippen MR) is 81.1 cm³/mol. The number of hydrazone groups is 1. The zero-order valence-corrected chi connectivity index (χ0v) is 12.2. The predicted octanol–water partition coefficient (Wildman–Crippen LogP) is 2.33. The lowest BCUT2D eigenvalue weighted by molar-refractivity contribution is 0.264. The molecule has 0 saturated carbocycles. The summed E-state index contributed by atoms with van der Waals surface area (Å²) < 4.78 is 5.98. The van der Waals surface area contributed by atoms with Gasteiger partial charge in [-0.05, 0) is 12.0 Å². The van der Waals surface area contributed by atoms with Crippen LogP contribution in [0.3, 0.4) is 0 Å². The summed E-state index contributed by atoms with van der Waals surface area (Å²) in [6, 6.07) is 8.57. The maximum atomic E-state index is 5.98. The largest absolute Gasteiger partial charge is 0.493 e. The molecule has 2 aliphatic heterocycles. The first-order valence-corrected chi connectivity index (χ1v) is 7.50. The molecule has 4 nitrogen and oxygen atoms in total. The molecule has 2 aliphatic rings. The maximum absolute atomic E-state index is 5.98. The summed E-state index contributed by atoms with van der Waals surface area (Å²) in [4.78, 5) is 0. The van der Waals surface area contributed by atoms with E-state index in [-0.39, 0.29) is 6.04 Å². The standard InChI is InChI=1S/C16H23N3O/c1-11(2)10-20-15-6-4-3-5-12(15)16-13-9-17-8-7-14(13)18-19-16/h3-6,11,13,16-17,19H,7-10H2,1-2H3. The fourth-order valence-electron chi connectivity index (χ4n) is 2.88. The number of para-hydroxylation sites is 1. The van der Waals surface area contributed by atoms with Crippen molar-refractivity contribution >= 4 is 5.71 Å². The first-order valence-electron chi connectivity index (χ1n) is 7.50. The summed E-state index contributed by atoms with van der Waals surface area (Å²) in [5.41, 5.74) is 5.83. The van der Waals surface area contributed by atoms with Crippen molar-refractivity contribution in [2.45, 2.75) is 26.3 Å². The third-order valence-electron chi connectivity index (χ3n) is 3.93. The van der Waals surface area contributed by atoms with E-state index in [4.69, 9.17) is 4.74 Å². The van der Waals surface area contributed by atoms with Gasteiger partial charge in [-0.1, -0.05) is 32.0 Å². The van der Waals surface area contributed by atoms with Crippen molar-refractivity contribution in [2.24, 2.45) is 16.9 Å². The Balaban J connectivity index is 1.80. The molecule has 1 fully saturated rings. The van der Waals surface area contributed by atoms with Crippen LogP contribution in [0.15, 0.2) is 29.4 Å². The number of hydrogen-bond acceptors (Lipinski definition) is 4. The highest BCUT2D eigenvalue weighted by Crippen LogP contribution is 2.35. The molecule has 2 N–H and O–H groups in total. The Labute approximate surface area is 120 Å². The molecular weight excluding hydrogens is 250 g/mol. The van der Waals surface area contributed by atoms with Crippen molar-refractivity contribution in [1.82, 2.24) is 10.7 Å². The van der Waals surface area contributed by atoms with Crippen LogP contribution in [0, 0.1) is 11.8 Å². The molecule has 2 heterocycles. The Bertz CT molecular complexity index is 498. The van der Waals surface area contributed by atoms with Gasteiger partial charge in [-0.25, -0.2) is 0 Å². The lowest BCUT2D eigenvalue weighted by Crippen LogP contribution is -2.38. The first kappa shape index (κ1) is 13.4. The molecule has 0 spiro atoms. The van der Waals surface area contributed by atoms with Gasteiger partial charge in [0.2, 0.25) is 0 Å². The highest BCUT2D eigenvalue weighted by molar-refractivity contribution is 5.90. The fraction of sp³-hybridized carbons (Fsp3) is 0.562. The van der Waals surface area contributed by atoms with Crippen molar-refractivity contribution in [3.05, 3.63) is 29.8 Å². The summed E-state index contributed by atoms with van der Waals surface area (Å²) in [6.07, 6.45) is 1.04. The molecular formula is C16H23N3O. The van der Waals surface area contributed by atoms with Crippen LogP contribution in [0.2, 0.25) is 0 Å². The van der Waals surface area contributed by atoms with Gasteiger partial charge in [0.1, 0.15) is 5.75 Å². The summed E-state index contributed by atoms with van der Waals surface area (Å²) in [7, 11) is 0. The van der Waals surface area contributed by atoms with E-state index in [1.165, 1.54) is 11.3 Å². The molecule has 108 valence electrons. The lowest BCUT2D eigenvalue weighted by atomic mass is 9.87. The number of piperidine rings is 1. The second-order valence-electron chi connectivity index (χ2n) is 6.01. The quantitative estimate of drug-likeness (QED) is 0.885. The van der Waals surface area contributed by atoms with Gasteiger partial charge in [0.15, 0.2) is 0 Å². The van der Waals surface area contributed by atoms with Crippen molar-refractivity contribution < 1.29 is 4.74 Å². The average molecular weight is 273 g/mol. The van der Waals surface area contributed by atoms with Crippen molar-refractivity contribution in [3.63, 3.8) is 0 Å². The van der Waals surface area contributed by atoms with Gasteiger partial charge in [0.05, 0.1) is 12.6 Å². The SMILES string of the molecule is CC(C)COc1ccccc1C1NN=C2CCNCC21. The summed E-state index contributed by atoms with van der Waals surface area (Å²) in [6.45, 7) is 7.12. The molecule has 0 radical (unpaired) electrons. The van der Waals surface area contributed by atoms with E-state index < -0.39 is 0 Å². The van der Waals surface area contributed by atoms with Gasteiger partial charge in [-0.3, -0.25) is 0 Å². The van der Waals surface area contributed by atoms with Crippen LogP contribution in [-0.2, 0) is 0 Å². The smallest absolute Gasteiger partial charge is 0.124 e. The normalized spacial score (nSPS) is 25.1. The number of ether oxygens (including phenoxy) is 1. The number of fused-ring (bicyclic) bond motifs is 1. The van der Waals surface area contributed by atoms with Gasteiger partial charge in [-0.2, -0.15) is 5.10 Å². The van der Waals surface area contributed by atoms with Crippen LogP contribution in [-0.4, -0.2) is 25.4 Å². The summed E-state index contributed by atoms with van der Waals surface area (Å²) in [5, 5.41) is 7.99. The van der Waals surface area contributed by atoms with E-state index in [1.807, 2.05) is 6.07 Å². The van der Waals surface area contributed by atoms with E-state index in [0.717, 1.165) is 31.9 Å². The molecule has 2 atom stereocenters. The molecule has 2 unspecified atom stereocenters. The van der Waals surface area contributed by atoms with E-state index in [9.17, 15) is 0 Å². The summed E-state index contributed by atoms with van der Waals surface area (Å²) >= 11 is 0. The van der Waals surface area contributed by atoms with Crippen molar-refractivity contribution in [2.75, 3.05) is 19.7 Å². The number of hydrogen-bond donors (Lipinski definition) is 2. The maximum Gasteiger partial charge on any atom is 0.124 e. The highest BCUT2D eigenvalue weighted by atomic mass is 16.5. The Kier molecular flexibility index (Phi) is 3.92. The van der Waals surface area contributed by atoms with Crippen molar-refractivity contribution in [1.29, 1.82) is 0 Å². The van der Waals surface area contributed by atoms with E-state index in [0.29, 0.717) is 11.8 Å². The molecule has 3 rings (SSSR count). The van der Waals surface area contributed by atoms with Crippen LogP contribution in [0.4, 0.5) is 0 Å². The molecule has 0 amide bonds. The minimum absolute atomic E-state index is 0.237. The number of rotatable bonds is 4. The number of nitrogens with zero attached hydrogens (tertiary/aromatic N) is 1. The molecule has 0 bridgehead atoms. The second kappa shape index (κ2) is 5.83. The van der Waals surface area contributed by atoms with Gasteiger partial charge >= 0.3 is 0 Å². The van der Waals surface area contributed by atoms with Gasteiger partial charge in [-0.15, -0.1) is 0 Å². The van der Waals surface area contributed by atoms with E-state index in [2.05, 4.69) is 47.9 Å². The van der Waals surface area contributed by atoms with Gasteiger partial charge in [0, 0.05) is 36.7 Å². The Morgan fingerprint density at radius 3 is 3.05 bits per heavy atom. The third-order valence-corrected chi connectivity index (χ3v) is 3.93. The minimum Gasteiger partial charge on any atom is -0.493 e. The molecule has 20 heavy (non-hydrogen) atoms. The van der Waals surface area contributed by atoms with Crippen LogP contribution in [0.25, 0.3) is 0 Å².